The Kier molecular flexibility index (Phi) is 2.81. The second kappa shape index (κ2) is 4.37. The Morgan fingerprint density at radius 2 is 1.42 bits per heavy atom. The van der Waals surface area contributed by atoms with Gasteiger partial charge in [0.2, 0.25) is 0 Å². The van der Waals surface area contributed by atoms with E-state index in [9.17, 15) is 10.1 Å². The number of hydrogen-bond acceptors (Lipinski definition) is 2. The smallest absolute Gasteiger partial charge is 0.258 e. The number of benzene rings is 3. The molecular formula is C14H7Cl2NO2. The number of fused-ring (bicyclic) bond motifs is 3. The van der Waals surface area contributed by atoms with Gasteiger partial charge in [0.1, 0.15) is 0 Å². The van der Waals surface area contributed by atoms with Gasteiger partial charge in [-0.3, -0.25) is 10.1 Å². The number of nitro benzene ring substituents is 1. The molecule has 0 aliphatic carbocycles. The van der Waals surface area contributed by atoms with Crippen LogP contribution in [0.3, 0.4) is 0 Å². The van der Waals surface area contributed by atoms with E-state index in [1.54, 1.807) is 6.07 Å². The van der Waals surface area contributed by atoms with Gasteiger partial charge in [-0.1, -0.05) is 47.5 Å². The van der Waals surface area contributed by atoms with Crippen LogP contribution in [0.1, 0.15) is 0 Å². The fourth-order valence-electron chi connectivity index (χ4n) is 2.21. The summed E-state index contributed by atoms with van der Waals surface area (Å²) in [4.78, 5) is 10.5. The van der Waals surface area contributed by atoms with Crippen LogP contribution in [0, 0.1) is 10.1 Å². The molecular weight excluding hydrogens is 285 g/mol. The molecule has 0 spiro atoms. The zero-order chi connectivity index (χ0) is 13.6. The van der Waals surface area contributed by atoms with Gasteiger partial charge in [0.25, 0.3) is 5.69 Å². The molecule has 0 saturated heterocycles. The Bertz CT molecular complexity index is 830. The third kappa shape index (κ3) is 1.82. The highest BCUT2D eigenvalue weighted by Crippen LogP contribution is 2.40. The van der Waals surface area contributed by atoms with Gasteiger partial charge in [-0.25, -0.2) is 0 Å². The van der Waals surface area contributed by atoms with Crippen molar-refractivity contribution in [2.75, 3.05) is 0 Å². The predicted octanol–water partition coefficient (Wildman–Crippen LogP) is 5.21. The molecule has 0 bridgehead atoms. The Balaban J connectivity index is 2.56. The van der Waals surface area contributed by atoms with Gasteiger partial charge in [-0.2, -0.15) is 0 Å². The van der Waals surface area contributed by atoms with Crippen molar-refractivity contribution in [3.63, 3.8) is 0 Å². The van der Waals surface area contributed by atoms with Crippen molar-refractivity contribution in [3.8, 4) is 0 Å². The molecule has 3 nitrogen and oxygen atoms in total. The minimum Gasteiger partial charge on any atom is -0.258 e. The van der Waals surface area contributed by atoms with Crippen molar-refractivity contribution < 1.29 is 4.92 Å². The second-order valence-corrected chi connectivity index (χ2v) is 4.92. The molecule has 19 heavy (non-hydrogen) atoms. The molecule has 0 aromatic heterocycles. The van der Waals surface area contributed by atoms with Crippen LogP contribution in [0.4, 0.5) is 5.69 Å². The van der Waals surface area contributed by atoms with E-state index in [0.29, 0.717) is 10.0 Å². The normalized spacial score (nSPS) is 11.1. The lowest BCUT2D eigenvalue weighted by atomic mass is 10.0. The zero-order valence-electron chi connectivity index (χ0n) is 9.56. The molecule has 0 N–H and O–H groups in total. The number of hydrogen-bond donors (Lipinski definition) is 0. The zero-order valence-corrected chi connectivity index (χ0v) is 11.1. The SMILES string of the molecule is O=[N+]([O-])c1ccc2c(Cl)c(Cl)c3ccccc3c2c1. The van der Waals surface area contributed by atoms with Crippen LogP contribution in [0.15, 0.2) is 42.5 Å². The molecule has 0 saturated carbocycles. The Morgan fingerprint density at radius 3 is 2.05 bits per heavy atom. The first-order chi connectivity index (χ1) is 9.09. The molecule has 0 radical (unpaired) electrons. The van der Waals surface area contributed by atoms with E-state index in [1.807, 2.05) is 24.3 Å². The summed E-state index contributed by atoms with van der Waals surface area (Å²) in [6, 6.07) is 12.0. The van der Waals surface area contributed by atoms with Crippen molar-refractivity contribution in [1.82, 2.24) is 0 Å². The quantitative estimate of drug-likeness (QED) is 0.351. The van der Waals surface area contributed by atoms with E-state index < -0.39 is 4.92 Å². The van der Waals surface area contributed by atoms with Gasteiger partial charge in [0, 0.05) is 22.9 Å². The van der Waals surface area contributed by atoms with E-state index in [-0.39, 0.29) is 5.69 Å². The Hall–Kier alpha value is -1.84. The molecule has 0 fully saturated rings. The fourth-order valence-corrected chi connectivity index (χ4v) is 2.74. The Labute approximate surface area is 118 Å². The van der Waals surface area contributed by atoms with E-state index in [1.165, 1.54) is 12.1 Å². The summed E-state index contributed by atoms with van der Waals surface area (Å²) in [5.41, 5.74) is 0.0380. The topological polar surface area (TPSA) is 43.1 Å². The first kappa shape index (κ1) is 12.2. The maximum Gasteiger partial charge on any atom is 0.270 e. The van der Waals surface area contributed by atoms with Crippen LogP contribution in [0.5, 0.6) is 0 Å². The van der Waals surface area contributed by atoms with E-state index in [4.69, 9.17) is 23.2 Å². The lowest BCUT2D eigenvalue weighted by Crippen LogP contribution is -1.89. The van der Waals surface area contributed by atoms with Crippen LogP contribution in [0.2, 0.25) is 10.0 Å². The van der Waals surface area contributed by atoms with Crippen molar-refractivity contribution in [2.24, 2.45) is 0 Å². The number of non-ortho nitro benzene ring substituents is 1. The average molecular weight is 292 g/mol. The maximum absolute atomic E-state index is 10.9. The summed E-state index contributed by atoms with van der Waals surface area (Å²) in [6.07, 6.45) is 0. The van der Waals surface area contributed by atoms with Gasteiger partial charge >= 0.3 is 0 Å². The number of halogens is 2. The number of nitrogens with zero attached hydrogens (tertiary/aromatic N) is 1. The van der Waals surface area contributed by atoms with Crippen molar-refractivity contribution in [2.45, 2.75) is 0 Å². The standard InChI is InChI=1S/C14H7Cl2NO2/c15-13-10-4-2-1-3-9(10)12-7-8(17(18)19)5-6-11(12)14(13)16/h1-7H. The molecule has 0 aliphatic heterocycles. The van der Waals surface area contributed by atoms with Crippen molar-refractivity contribution >= 4 is 50.4 Å². The largest absolute Gasteiger partial charge is 0.270 e. The third-order valence-electron chi connectivity index (χ3n) is 3.10. The molecule has 0 heterocycles. The highest BCUT2D eigenvalue weighted by Gasteiger charge is 2.14. The molecule has 0 atom stereocenters. The summed E-state index contributed by atoms with van der Waals surface area (Å²) >= 11 is 12.5. The molecule has 5 heteroatoms. The van der Waals surface area contributed by atoms with E-state index in [2.05, 4.69) is 0 Å². The van der Waals surface area contributed by atoms with Crippen molar-refractivity contribution in [1.29, 1.82) is 0 Å². The molecule has 3 aromatic carbocycles. The molecule has 0 unspecified atom stereocenters. The molecule has 0 amide bonds. The number of rotatable bonds is 1. The summed E-state index contributed by atoms with van der Waals surface area (Å²) < 4.78 is 0. The van der Waals surface area contributed by atoms with Gasteiger partial charge < -0.3 is 0 Å². The minimum atomic E-state index is -0.420. The highest BCUT2D eigenvalue weighted by molar-refractivity contribution is 6.49. The molecule has 3 aromatic rings. The van der Waals surface area contributed by atoms with E-state index in [0.717, 1.165) is 21.5 Å². The third-order valence-corrected chi connectivity index (χ3v) is 3.98. The molecule has 3 rings (SSSR count). The van der Waals surface area contributed by atoms with Gasteiger partial charge in [-0.15, -0.1) is 0 Å². The van der Waals surface area contributed by atoms with Gasteiger partial charge in [0.15, 0.2) is 0 Å². The van der Waals surface area contributed by atoms with E-state index >= 15 is 0 Å². The lowest BCUT2D eigenvalue weighted by Gasteiger charge is -2.08. The lowest BCUT2D eigenvalue weighted by molar-refractivity contribution is -0.384. The maximum atomic E-state index is 10.9. The van der Waals surface area contributed by atoms with Gasteiger partial charge in [0.05, 0.1) is 15.0 Å². The highest BCUT2D eigenvalue weighted by atomic mass is 35.5. The van der Waals surface area contributed by atoms with Crippen LogP contribution in [0.25, 0.3) is 21.5 Å². The predicted molar refractivity (Wildman–Crippen MR) is 78.1 cm³/mol. The average Bonchev–Trinajstić information content (AvgIpc) is 2.44. The second-order valence-electron chi connectivity index (χ2n) is 4.16. The minimum absolute atomic E-state index is 0.0380. The Morgan fingerprint density at radius 1 is 0.842 bits per heavy atom. The molecule has 94 valence electrons. The van der Waals surface area contributed by atoms with Crippen LogP contribution < -0.4 is 0 Å². The summed E-state index contributed by atoms with van der Waals surface area (Å²) in [7, 11) is 0. The first-order valence-electron chi connectivity index (χ1n) is 5.53. The van der Waals surface area contributed by atoms with Crippen LogP contribution in [-0.2, 0) is 0 Å². The van der Waals surface area contributed by atoms with Crippen molar-refractivity contribution in [3.05, 3.63) is 62.6 Å². The fraction of sp³-hybridized carbons (Fsp3) is 0. The summed E-state index contributed by atoms with van der Waals surface area (Å²) in [5.74, 6) is 0. The van der Waals surface area contributed by atoms with Crippen LogP contribution >= 0.6 is 23.2 Å². The number of nitro groups is 1. The monoisotopic (exact) mass is 291 g/mol. The van der Waals surface area contributed by atoms with Crippen LogP contribution in [-0.4, -0.2) is 4.92 Å². The summed E-state index contributed by atoms with van der Waals surface area (Å²) in [6.45, 7) is 0. The first-order valence-corrected chi connectivity index (χ1v) is 6.29. The molecule has 0 aliphatic rings. The summed E-state index contributed by atoms with van der Waals surface area (Å²) in [5, 5.41) is 14.9. The van der Waals surface area contributed by atoms with Gasteiger partial charge in [-0.05, 0) is 16.8 Å².